The average molecular weight is 144 g/mol. The number of rotatable bonds is 0. The molecule has 10 heavy (non-hydrogen) atoms. The molecule has 1 heterocycles. The summed E-state index contributed by atoms with van der Waals surface area (Å²) >= 11 is 0. The summed E-state index contributed by atoms with van der Waals surface area (Å²) in [5, 5.41) is 6.55. The first-order chi connectivity index (χ1) is 4.89. The van der Waals surface area contributed by atoms with Crippen LogP contribution in [0.15, 0.2) is 0 Å². The number of hydrogen-bond acceptors (Lipinski definition) is 3. The molecule has 3 heteroatoms. The quantitative estimate of drug-likeness (QED) is 0.484. The molecular formula is C7H16N2O. The maximum atomic E-state index is 5.44. The van der Waals surface area contributed by atoms with E-state index in [9.17, 15) is 0 Å². The van der Waals surface area contributed by atoms with E-state index in [2.05, 4.69) is 17.6 Å². The molecule has 3 nitrogen and oxygen atoms in total. The van der Waals surface area contributed by atoms with Crippen LogP contribution in [0.25, 0.3) is 0 Å². The monoisotopic (exact) mass is 144 g/mol. The molecule has 1 saturated heterocycles. The summed E-state index contributed by atoms with van der Waals surface area (Å²) in [6.45, 7) is 6.98. The van der Waals surface area contributed by atoms with Crippen molar-refractivity contribution >= 4 is 0 Å². The van der Waals surface area contributed by atoms with Crippen molar-refractivity contribution in [2.24, 2.45) is 0 Å². The van der Waals surface area contributed by atoms with Crippen LogP contribution in [0.2, 0.25) is 0 Å². The highest BCUT2D eigenvalue weighted by Crippen LogP contribution is 1.88. The molecule has 0 saturated carbocycles. The topological polar surface area (TPSA) is 33.3 Å². The van der Waals surface area contributed by atoms with E-state index < -0.39 is 0 Å². The molecule has 60 valence electrons. The average Bonchev–Trinajstić information content (AvgIpc) is 2.02. The smallest absolute Gasteiger partial charge is 0.0672 e. The molecular weight excluding hydrogens is 128 g/mol. The van der Waals surface area contributed by atoms with E-state index in [4.69, 9.17) is 4.74 Å². The highest BCUT2D eigenvalue weighted by molar-refractivity contribution is 4.60. The molecule has 1 rings (SSSR count). The zero-order valence-corrected chi connectivity index (χ0v) is 6.52. The van der Waals surface area contributed by atoms with Crippen LogP contribution in [0.4, 0.5) is 0 Å². The Bertz CT molecular complexity index is 77.7. The van der Waals surface area contributed by atoms with Crippen LogP contribution in [-0.4, -0.2) is 38.9 Å². The molecule has 1 fully saturated rings. The van der Waals surface area contributed by atoms with E-state index in [1.807, 2.05) is 0 Å². The molecule has 2 N–H and O–H groups in total. The third-order valence-electron chi connectivity index (χ3n) is 1.59. The highest BCUT2D eigenvalue weighted by Gasteiger charge is 2.02. The molecule has 0 aromatic carbocycles. The van der Waals surface area contributed by atoms with Crippen molar-refractivity contribution in [2.75, 3.05) is 32.8 Å². The van der Waals surface area contributed by atoms with Gasteiger partial charge >= 0.3 is 0 Å². The van der Waals surface area contributed by atoms with Gasteiger partial charge in [-0.1, -0.05) is 0 Å². The molecule has 0 aromatic rings. The summed E-state index contributed by atoms with van der Waals surface area (Å²) in [4.78, 5) is 0. The first-order valence-electron chi connectivity index (χ1n) is 3.92. The Kier molecular flexibility index (Phi) is 3.72. The Labute approximate surface area is 62.1 Å². The van der Waals surface area contributed by atoms with Crippen molar-refractivity contribution in [3.05, 3.63) is 0 Å². The fourth-order valence-electron chi connectivity index (χ4n) is 0.998. The lowest BCUT2D eigenvalue weighted by Crippen LogP contribution is -2.29. The van der Waals surface area contributed by atoms with Crippen LogP contribution in [0.1, 0.15) is 6.92 Å². The molecule has 0 aromatic heterocycles. The van der Waals surface area contributed by atoms with Gasteiger partial charge in [-0.3, -0.25) is 0 Å². The Hall–Kier alpha value is -0.120. The van der Waals surface area contributed by atoms with Crippen LogP contribution < -0.4 is 10.6 Å². The lowest BCUT2D eigenvalue weighted by atomic mass is 10.4. The Morgan fingerprint density at radius 1 is 1.20 bits per heavy atom. The maximum Gasteiger partial charge on any atom is 0.0672 e. The fraction of sp³-hybridized carbons (Fsp3) is 1.00. The third kappa shape index (κ3) is 3.15. The van der Waals surface area contributed by atoms with Gasteiger partial charge in [-0.2, -0.15) is 0 Å². The first kappa shape index (κ1) is 7.98. The van der Waals surface area contributed by atoms with Crippen molar-refractivity contribution < 1.29 is 4.74 Å². The van der Waals surface area contributed by atoms with Gasteiger partial charge in [-0.25, -0.2) is 0 Å². The molecule has 1 unspecified atom stereocenters. The number of hydrogen-bond donors (Lipinski definition) is 2. The second-order valence-corrected chi connectivity index (χ2v) is 2.64. The SMILES string of the molecule is CC1CNCCNCCO1. The standard InChI is InChI=1S/C7H16N2O/c1-7-6-9-3-2-8-4-5-10-7/h7-9H,2-6H2,1H3. The van der Waals surface area contributed by atoms with Gasteiger partial charge in [-0.15, -0.1) is 0 Å². The van der Waals surface area contributed by atoms with Gasteiger partial charge in [-0.05, 0) is 6.92 Å². The van der Waals surface area contributed by atoms with E-state index in [1.165, 1.54) is 0 Å². The van der Waals surface area contributed by atoms with Crippen molar-refractivity contribution in [1.82, 2.24) is 10.6 Å². The van der Waals surface area contributed by atoms with Crippen molar-refractivity contribution in [3.63, 3.8) is 0 Å². The highest BCUT2D eigenvalue weighted by atomic mass is 16.5. The van der Waals surface area contributed by atoms with Gasteiger partial charge in [0, 0.05) is 26.2 Å². The molecule has 0 radical (unpaired) electrons. The van der Waals surface area contributed by atoms with Crippen LogP contribution in [0.5, 0.6) is 0 Å². The van der Waals surface area contributed by atoms with Crippen LogP contribution in [0, 0.1) is 0 Å². The Morgan fingerprint density at radius 2 is 2.00 bits per heavy atom. The van der Waals surface area contributed by atoms with E-state index >= 15 is 0 Å². The van der Waals surface area contributed by atoms with Gasteiger partial charge in [0.05, 0.1) is 12.7 Å². The lowest BCUT2D eigenvalue weighted by molar-refractivity contribution is 0.0721. The molecule has 0 spiro atoms. The fourth-order valence-corrected chi connectivity index (χ4v) is 0.998. The Morgan fingerprint density at radius 3 is 2.90 bits per heavy atom. The van der Waals surface area contributed by atoms with E-state index in [1.54, 1.807) is 0 Å². The largest absolute Gasteiger partial charge is 0.376 e. The third-order valence-corrected chi connectivity index (χ3v) is 1.59. The van der Waals surface area contributed by atoms with Crippen molar-refractivity contribution in [2.45, 2.75) is 13.0 Å². The number of ether oxygens (including phenoxy) is 1. The zero-order chi connectivity index (χ0) is 7.23. The second-order valence-electron chi connectivity index (χ2n) is 2.64. The predicted molar refractivity (Wildman–Crippen MR) is 41.2 cm³/mol. The van der Waals surface area contributed by atoms with Crippen molar-refractivity contribution in [1.29, 1.82) is 0 Å². The van der Waals surface area contributed by atoms with Crippen LogP contribution in [-0.2, 0) is 4.74 Å². The minimum Gasteiger partial charge on any atom is -0.376 e. The van der Waals surface area contributed by atoms with Crippen LogP contribution >= 0.6 is 0 Å². The van der Waals surface area contributed by atoms with Gasteiger partial charge in [0.1, 0.15) is 0 Å². The van der Waals surface area contributed by atoms with Gasteiger partial charge in [0.25, 0.3) is 0 Å². The zero-order valence-electron chi connectivity index (χ0n) is 6.52. The molecule has 0 amide bonds. The summed E-state index contributed by atoms with van der Waals surface area (Å²) in [7, 11) is 0. The van der Waals surface area contributed by atoms with E-state index in [0.29, 0.717) is 6.10 Å². The molecule has 0 bridgehead atoms. The lowest BCUT2D eigenvalue weighted by Gasteiger charge is -2.10. The summed E-state index contributed by atoms with van der Waals surface area (Å²) in [6, 6.07) is 0. The van der Waals surface area contributed by atoms with E-state index in [0.717, 1.165) is 32.8 Å². The first-order valence-corrected chi connectivity index (χ1v) is 3.92. The van der Waals surface area contributed by atoms with Gasteiger partial charge in [0.2, 0.25) is 0 Å². The predicted octanol–water partition coefficient (Wildman–Crippen LogP) is -0.416. The summed E-state index contributed by atoms with van der Waals surface area (Å²) < 4.78 is 5.44. The molecule has 1 aliphatic rings. The second kappa shape index (κ2) is 4.66. The van der Waals surface area contributed by atoms with Crippen molar-refractivity contribution in [3.8, 4) is 0 Å². The molecule has 1 aliphatic heterocycles. The molecule has 0 aliphatic carbocycles. The number of nitrogens with one attached hydrogen (secondary N) is 2. The summed E-state index contributed by atoms with van der Waals surface area (Å²) in [5.74, 6) is 0. The summed E-state index contributed by atoms with van der Waals surface area (Å²) in [6.07, 6.45) is 0.361. The minimum absolute atomic E-state index is 0.361. The van der Waals surface area contributed by atoms with E-state index in [-0.39, 0.29) is 0 Å². The minimum atomic E-state index is 0.361. The van der Waals surface area contributed by atoms with Gasteiger partial charge < -0.3 is 15.4 Å². The maximum absolute atomic E-state index is 5.44. The normalized spacial score (nSPS) is 30.3. The molecule has 1 atom stereocenters. The Balaban J connectivity index is 2.15. The van der Waals surface area contributed by atoms with Gasteiger partial charge in [0.15, 0.2) is 0 Å². The van der Waals surface area contributed by atoms with Crippen LogP contribution in [0.3, 0.4) is 0 Å². The summed E-state index contributed by atoms with van der Waals surface area (Å²) in [5.41, 5.74) is 0.